The fourth-order valence-electron chi connectivity index (χ4n) is 2.47. The normalized spacial score (nSPS) is 16.1. The minimum absolute atomic E-state index is 0.0130. The van der Waals surface area contributed by atoms with Crippen LogP contribution in [-0.4, -0.2) is 10.8 Å². The van der Waals surface area contributed by atoms with Gasteiger partial charge in [-0.15, -0.1) is 0 Å². The van der Waals surface area contributed by atoms with Crippen LogP contribution in [0.15, 0.2) is 18.2 Å². The second kappa shape index (κ2) is 3.60. The number of halogens is 3. The minimum atomic E-state index is -4.35. The number of carbonyl (C=O) groups is 1. The van der Waals surface area contributed by atoms with Crippen LogP contribution in [0.25, 0.3) is 10.9 Å². The Hall–Kier alpha value is -1.78. The van der Waals surface area contributed by atoms with Gasteiger partial charge in [-0.05, 0) is 36.6 Å². The number of benzene rings is 1. The van der Waals surface area contributed by atoms with Gasteiger partial charge in [-0.3, -0.25) is 4.79 Å². The molecular formula is C13H10F3NO. The van der Waals surface area contributed by atoms with E-state index in [-0.39, 0.29) is 5.78 Å². The monoisotopic (exact) mass is 253 g/mol. The quantitative estimate of drug-likeness (QED) is 0.762. The molecule has 1 aliphatic rings. The molecule has 0 radical (unpaired) electrons. The van der Waals surface area contributed by atoms with Gasteiger partial charge in [0, 0.05) is 17.3 Å². The second-order valence-corrected chi connectivity index (χ2v) is 4.51. The minimum Gasteiger partial charge on any atom is -0.352 e. The Morgan fingerprint density at radius 2 is 1.94 bits per heavy atom. The van der Waals surface area contributed by atoms with Crippen molar-refractivity contribution in [3.63, 3.8) is 0 Å². The van der Waals surface area contributed by atoms with E-state index >= 15 is 0 Å². The molecule has 0 aliphatic heterocycles. The topological polar surface area (TPSA) is 32.9 Å². The molecule has 3 rings (SSSR count). The van der Waals surface area contributed by atoms with Crippen LogP contribution in [0.5, 0.6) is 0 Å². The number of carbonyl (C=O) groups excluding carboxylic acids is 1. The average Bonchev–Trinajstić information content (AvgIpc) is 2.67. The molecule has 1 aromatic heterocycles. The number of fused-ring (bicyclic) bond motifs is 3. The first kappa shape index (κ1) is 11.3. The maximum Gasteiger partial charge on any atom is 0.416 e. The summed E-state index contributed by atoms with van der Waals surface area (Å²) >= 11 is 0. The van der Waals surface area contributed by atoms with Crippen LogP contribution in [0.1, 0.15) is 34.5 Å². The molecule has 0 amide bonds. The highest BCUT2D eigenvalue weighted by atomic mass is 19.4. The van der Waals surface area contributed by atoms with Crippen LogP contribution < -0.4 is 0 Å². The summed E-state index contributed by atoms with van der Waals surface area (Å²) in [5, 5.41) is 0.521. The SMILES string of the molecule is O=C1CCCc2c1[nH]c1ccc(C(F)(F)F)cc21. The largest absolute Gasteiger partial charge is 0.416 e. The number of Topliss-reactive ketones (excluding diaryl/α,β-unsaturated/α-hetero) is 1. The Kier molecular flexibility index (Phi) is 2.27. The van der Waals surface area contributed by atoms with E-state index in [1.54, 1.807) is 0 Å². The molecule has 0 fully saturated rings. The smallest absolute Gasteiger partial charge is 0.352 e. The number of aromatic amines is 1. The van der Waals surface area contributed by atoms with Gasteiger partial charge in [0.2, 0.25) is 0 Å². The van der Waals surface area contributed by atoms with Crippen LogP contribution in [0.4, 0.5) is 13.2 Å². The fraction of sp³-hybridized carbons (Fsp3) is 0.308. The third kappa shape index (κ3) is 1.62. The zero-order chi connectivity index (χ0) is 12.9. The molecule has 1 aliphatic carbocycles. The number of hydrogen-bond donors (Lipinski definition) is 1. The number of ketones is 1. The molecule has 0 spiro atoms. The van der Waals surface area contributed by atoms with Crippen molar-refractivity contribution in [2.24, 2.45) is 0 Å². The summed E-state index contributed by atoms with van der Waals surface area (Å²) in [5.74, 6) is -0.0130. The highest BCUT2D eigenvalue weighted by Gasteiger charge is 2.31. The van der Waals surface area contributed by atoms with Crippen LogP contribution in [-0.2, 0) is 12.6 Å². The fourth-order valence-corrected chi connectivity index (χ4v) is 2.47. The van der Waals surface area contributed by atoms with E-state index in [9.17, 15) is 18.0 Å². The molecule has 0 saturated carbocycles. The predicted octanol–water partition coefficient (Wildman–Crippen LogP) is 3.71. The summed E-state index contributed by atoms with van der Waals surface area (Å²) < 4.78 is 38.0. The Morgan fingerprint density at radius 1 is 1.17 bits per heavy atom. The van der Waals surface area contributed by atoms with Gasteiger partial charge in [0.25, 0.3) is 0 Å². The standard InChI is InChI=1S/C13H10F3NO/c14-13(15,16)7-4-5-10-9(6-7)8-2-1-3-11(18)12(8)17-10/h4-6,17H,1-3H2. The third-order valence-electron chi connectivity index (χ3n) is 3.34. The van der Waals surface area contributed by atoms with Gasteiger partial charge in [-0.1, -0.05) is 0 Å². The van der Waals surface area contributed by atoms with Crippen molar-refractivity contribution in [1.82, 2.24) is 4.98 Å². The summed E-state index contributed by atoms with van der Waals surface area (Å²) in [6.45, 7) is 0. The summed E-state index contributed by atoms with van der Waals surface area (Å²) in [6, 6.07) is 3.56. The highest BCUT2D eigenvalue weighted by molar-refractivity contribution is 6.03. The summed E-state index contributed by atoms with van der Waals surface area (Å²) in [6.07, 6.45) is -2.53. The third-order valence-corrected chi connectivity index (χ3v) is 3.34. The highest BCUT2D eigenvalue weighted by Crippen LogP contribution is 2.35. The lowest BCUT2D eigenvalue weighted by Crippen LogP contribution is -2.09. The molecule has 0 atom stereocenters. The number of nitrogens with one attached hydrogen (secondary N) is 1. The molecule has 94 valence electrons. The van der Waals surface area contributed by atoms with Gasteiger partial charge in [-0.25, -0.2) is 0 Å². The molecule has 1 aromatic carbocycles. The lowest BCUT2D eigenvalue weighted by atomic mass is 9.94. The van der Waals surface area contributed by atoms with Crippen molar-refractivity contribution in [2.45, 2.75) is 25.4 Å². The molecule has 0 unspecified atom stereocenters. The Balaban J connectivity index is 2.25. The lowest BCUT2D eigenvalue weighted by Gasteiger charge is -2.10. The first-order valence-electron chi connectivity index (χ1n) is 5.72. The molecule has 1 heterocycles. The van der Waals surface area contributed by atoms with Gasteiger partial charge in [0.1, 0.15) is 0 Å². The number of aromatic nitrogens is 1. The van der Waals surface area contributed by atoms with E-state index < -0.39 is 11.7 Å². The average molecular weight is 253 g/mol. The van der Waals surface area contributed by atoms with Gasteiger partial charge >= 0.3 is 6.18 Å². The van der Waals surface area contributed by atoms with E-state index in [0.29, 0.717) is 35.9 Å². The van der Waals surface area contributed by atoms with E-state index in [1.165, 1.54) is 6.07 Å². The summed E-state index contributed by atoms with van der Waals surface area (Å²) in [5.41, 5.74) is 1.14. The Labute approximate surface area is 101 Å². The maximum absolute atomic E-state index is 12.7. The zero-order valence-electron chi connectivity index (χ0n) is 9.40. The van der Waals surface area contributed by atoms with Crippen molar-refractivity contribution in [1.29, 1.82) is 0 Å². The number of rotatable bonds is 0. The first-order valence-corrected chi connectivity index (χ1v) is 5.72. The molecule has 0 saturated heterocycles. The van der Waals surface area contributed by atoms with Crippen molar-refractivity contribution in [3.8, 4) is 0 Å². The van der Waals surface area contributed by atoms with E-state index in [1.807, 2.05) is 0 Å². The Bertz CT molecular complexity index is 639. The van der Waals surface area contributed by atoms with E-state index in [2.05, 4.69) is 4.98 Å². The van der Waals surface area contributed by atoms with Crippen LogP contribution in [0.2, 0.25) is 0 Å². The van der Waals surface area contributed by atoms with E-state index in [0.717, 1.165) is 17.7 Å². The molecule has 1 N–H and O–H groups in total. The van der Waals surface area contributed by atoms with Crippen LogP contribution >= 0.6 is 0 Å². The van der Waals surface area contributed by atoms with Gasteiger partial charge in [-0.2, -0.15) is 13.2 Å². The summed E-state index contributed by atoms with van der Waals surface area (Å²) in [4.78, 5) is 14.6. The molecule has 2 aromatic rings. The molecule has 18 heavy (non-hydrogen) atoms. The number of aryl methyl sites for hydroxylation is 1. The number of hydrogen-bond acceptors (Lipinski definition) is 1. The molecule has 2 nitrogen and oxygen atoms in total. The number of alkyl halides is 3. The molecule has 5 heteroatoms. The lowest BCUT2D eigenvalue weighted by molar-refractivity contribution is -0.137. The van der Waals surface area contributed by atoms with Crippen molar-refractivity contribution in [2.75, 3.05) is 0 Å². The van der Waals surface area contributed by atoms with Gasteiger partial charge in [0.05, 0.1) is 11.3 Å². The first-order chi connectivity index (χ1) is 8.47. The van der Waals surface area contributed by atoms with Crippen molar-refractivity contribution >= 4 is 16.7 Å². The predicted molar refractivity (Wildman–Crippen MR) is 60.6 cm³/mol. The van der Waals surface area contributed by atoms with E-state index in [4.69, 9.17) is 0 Å². The zero-order valence-corrected chi connectivity index (χ0v) is 9.40. The van der Waals surface area contributed by atoms with Crippen LogP contribution in [0, 0.1) is 0 Å². The van der Waals surface area contributed by atoms with Crippen LogP contribution in [0.3, 0.4) is 0 Å². The number of H-pyrrole nitrogens is 1. The molecular weight excluding hydrogens is 243 g/mol. The van der Waals surface area contributed by atoms with Crippen molar-refractivity contribution in [3.05, 3.63) is 35.0 Å². The van der Waals surface area contributed by atoms with Gasteiger partial charge in [0.15, 0.2) is 5.78 Å². The second-order valence-electron chi connectivity index (χ2n) is 4.51. The van der Waals surface area contributed by atoms with Gasteiger partial charge < -0.3 is 4.98 Å². The molecule has 0 bridgehead atoms. The Morgan fingerprint density at radius 3 is 2.67 bits per heavy atom. The maximum atomic E-state index is 12.7. The summed E-state index contributed by atoms with van der Waals surface area (Å²) in [7, 11) is 0. The van der Waals surface area contributed by atoms with Crippen molar-refractivity contribution < 1.29 is 18.0 Å².